The zero-order chi connectivity index (χ0) is 21.1. The van der Waals surface area contributed by atoms with E-state index in [9.17, 15) is 4.79 Å². The van der Waals surface area contributed by atoms with Gasteiger partial charge in [-0.25, -0.2) is 0 Å². The molecule has 3 aromatic carbocycles. The molecule has 4 aromatic rings. The van der Waals surface area contributed by atoms with Crippen molar-refractivity contribution in [3.63, 3.8) is 0 Å². The number of aliphatic carboxylic acids is 1. The Morgan fingerprint density at radius 1 is 1.00 bits per heavy atom. The van der Waals surface area contributed by atoms with Gasteiger partial charge in [-0.3, -0.25) is 4.79 Å². The predicted octanol–water partition coefficient (Wildman–Crippen LogP) is 6.82. The fraction of sp³-hybridized carbons (Fsp3) is 0.160. The topological polar surface area (TPSA) is 42.2 Å². The fourth-order valence-electron chi connectivity index (χ4n) is 3.65. The summed E-state index contributed by atoms with van der Waals surface area (Å²) < 4.78 is 2.31. The first kappa shape index (κ1) is 20.6. The lowest BCUT2D eigenvalue weighted by Gasteiger charge is -2.09. The van der Waals surface area contributed by atoms with Crippen molar-refractivity contribution in [2.24, 2.45) is 0 Å². The van der Waals surface area contributed by atoms with E-state index in [1.54, 1.807) is 11.8 Å². The number of carboxylic acids is 1. The van der Waals surface area contributed by atoms with Gasteiger partial charge in [0.1, 0.15) is 0 Å². The Morgan fingerprint density at radius 3 is 2.53 bits per heavy atom. The van der Waals surface area contributed by atoms with E-state index in [0.717, 1.165) is 27.5 Å². The Balaban J connectivity index is 1.72. The highest BCUT2D eigenvalue weighted by molar-refractivity contribution is 7.99. The number of halogens is 1. The molecule has 1 aromatic heterocycles. The Morgan fingerprint density at radius 2 is 1.77 bits per heavy atom. The molecule has 0 atom stereocenters. The summed E-state index contributed by atoms with van der Waals surface area (Å²) in [6, 6.07) is 24.6. The van der Waals surface area contributed by atoms with E-state index >= 15 is 0 Å². The first-order valence-corrected chi connectivity index (χ1v) is 11.0. The molecule has 0 radical (unpaired) electrons. The molecule has 0 saturated carbocycles. The summed E-state index contributed by atoms with van der Waals surface area (Å²) in [5.74, 6) is -0.773. The van der Waals surface area contributed by atoms with Crippen LogP contribution in [0.25, 0.3) is 10.9 Å². The second-order valence-electron chi connectivity index (χ2n) is 7.29. The monoisotopic (exact) mass is 435 g/mol. The maximum absolute atomic E-state index is 10.9. The third-order valence-electron chi connectivity index (χ3n) is 5.16. The quantitative estimate of drug-likeness (QED) is 0.346. The molecule has 0 spiro atoms. The molecule has 152 valence electrons. The summed E-state index contributed by atoms with van der Waals surface area (Å²) in [4.78, 5) is 13.2. The van der Waals surface area contributed by atoms with Crippen LogP contribution >= 0.6 is 23.4 Å². The molecule has 0 aliphatic heterocycles. The molecule has 0 saturated heterocycles. The van der Waals surface area contributed by atoms with Crippen LogP contribution in [0.3, 0.4) is 0 Å². The average Bonchev–Trinajstić information content (AvgIpc) is 2.98. The SMILES string of the molecule is Cc1c(Sc2cccc(CCC(=O)O)c2)c2ccc(Cl)cc2n1Cc1ccccc1. The van der Waals surface area contributed by atoms with Gasteiger partial charge < -0.3 is 9.67 Å². The minimum atomic E-state index is -0.773. The molecule has 0 bridgehead atoms. The van der Waals surface area contributed by atoms with E-state index in [2.05, 4.69) is 54.0 Å². The van der Waals surface area contributed by atoms with E-state index in [4.69, 9.17) is 16.7 Å². The minimum Gasteiger partial charge on any atom is -0.481 e. The average molecular weight is 436 g/mol. The maximum Gasteiger partial charge on any atom is 0.303 e. The van der Waals surface area contributed by atoms with Crippen LogP contribution in [0.2, 0.25) is 5.02 Å². The van der Waals surface area contributed by atoms with Crippen LogP contribution < -0.4 is 0 Å². The molecular formula is C25H22ClNO2S. The lowest BCUT2D eigenvalue weighted by molar-refractivity contribution is -0.136. The second-order valence-corrected chi connectivity index (χ2v) is 8.81. The standard InChI is InChI=1S/C25H22ClNO2S/c1-17-25(30-21-9-5-8-18(14-21)10-13-24(28)29)22-12-11-20(26)15-23(22)27(17)16-19-6-3-2-4-7-19/h2-9,11-12,14-15H,10,13,16H2,1H3,(H,28,29). The highest BCUT2D eigenvalue weighted by Crippen LogP contribution is 2.39. The molecule has 1 heterocycles. The van der Waals surface area contributed by atoms with Gasteiger partial charge in [0.25, 0.3) is 0 Å². The zero-order valence-corrected chi connectivity index (χ0v) is 18.2. The molecular weight excluding hydrogens is 414 g/mol. The number of benzene rings is 3. The highest BCUT2D eigenvalue weighted by atomic mass is 35.5. The molecule has 5 heteroatoms. The highest BCUT2D eigenvalue weighted by Gasteiger charge is 2.16. The van der Waals surface area contributed by atoms with Crippen LogP contribution in [0, 0.1) is 6.92 Å². The number of aromatic nitrogens is 1. The lowest BCUT2D eigenvalue weighted by Crippen LogP contribution is -2.01. The molecule has 0 aliphatic rings. The number of hydrogen-bond donors (Lipinski definition) is 1. The van der Waals surface area contributed by atoms with Crippen molar-refractivity contribution in [2.45, 2.75) is 36.1 Å². The minimum absolute atomic E-state index is 0.141. The number of rotatable bonds is 7. The number of carbonyl (C=O) groups is 1. The molecule has 0 amide bonds. The lowest BCUT2D eigenvalue weighted by atomic mass is 10.1. The molecule has 0 fully saturated rings. The van der Waals surface area contributed by atoms with E-state index in [-0.39, 0.29) is 6.42 Å². The number of fused-ring (bicyclic) bond motifs is 1. The van der Waals surface area contributed by atoms with Crippen LogP contribution in [-0.2, 0) is 17.8 Å². The summed E-state index contributed by atoms with van der Waals surface area (Å²) in [5.41, 5.74) is 4.59. The molecule has 3 nitrogen and oxygen atoms in total. The third kappa shape index (κ3) is 4.55. The number of hydrogen-bond acceptors (Lipinski definition) is 2. The van der Waals surface area contributed by atoms with Crippen LogP contribution in [-0.4, -0.2) is 15.6 Å². The van der Waals surface area contributed by atoms with Crippen LogP contribution in [0.4, 0.5) is 0 Å². The third-order valence-corrected chi connectivity index (χ3v) is 6.60. The number of carboxylic acid groups (broad SMARTS) is 1. The van der Waals surface area contributed by atoms with Gasteiger partial charge in [-0.2, -0.15) is 0 Å². The van der Waals surface area contributed by atoms with Crippen molar-refractivity contribution < 1.29 is 9.90 Å². The van der Waals surface area contributed by atoms with Gasteiger partial charge >= 0.3 is 5.97 Å². The van der Waals surface area contributed by atoms with Crippen LogP contribution in [0.5, 0.6) is 0 Å². The van der Waals surface area contributed by atoms with Gasteiger partial charge in [0, 0.05) is 38.9 Å². The molecule has 30 heavy (non-hydrogen) atoms. The first-order valence-electron chi connectivity index (χ1n) is 9.82. The summed E-state index contributed by atoms with van der Waals surface area (Å²) in [6.07, 6.45) is 0.677. The summed E-state index contributed by atoms with van der Waals surface area (Å²) in [7, 11) is 0. The normalized spacial score (nSPS) is 11.1. The van der Waals surface area contributed by atoms with E-state index < -0.39 is 5.97 Å². The van der Waals surface area contributed by atoms with Gasteiger partial charge in [0.2, 0.25) is 0 Å². The van der Waals surface area contributed by atoms with Crippen molar-refractivity contribution in [3.8, 4) is 0 Å². The van der Waals surface area contributed by atoms with Gasteiger partial charge in [-0.05, 0) is 48.7 Å². The Labute approximate surface area is 185 Å². The predicted molar refractivity (Wildman–Crippen MR) is 124 cm³/mol. The Kier molecular flexibility index (Phi) is 6.16. The van der Waals surface area contributed by atoms with Gasteiger partial charge in [0.15, 0.2) is 0 Å². The van der Waals surface area contributed by atoms with Crippen LogP contribution in [0.1, 0.15) is 23.2 Å². The molecule has 4 rings (SSSR count). The molecule has 1 N–H and O–H groups in total. The largest absolute Gasteiger partial charge is 0.481 e. The Bertz CT molecular complexity index is 1200. The fourth-order valence-corrected chi connectivity index (χ4v) is 4.95. The summed E-state index contributed by atoms with van der Waals surface area (Å²) in [6.45, 7) is 2.93. The van der Waals surface area contributed by atoms with Crippen molar-refractivity contribution in [2.75, 3.05) is 0 Å². The van der Waals surface area contributed by atoms with Crippen LogP contribution in [0.15, 0.2) is 82.6 Å². The van der Waals surface area contributed by atoms with Crippen molar-refractivity contribution >= 4 is 40.2 Å². The van der Waals surface area contributed by atoms with E-state index in [1.165, 1.54) is 21.5 Å². The zero-order valence-electron chi connectivity index (χ0n) is 16.6. The number of nitrogens with zero attached hydrogens (tertiary/aromatic N) is 1. The van der Waals surface area contributed by atoms with Gasteiger partial charge in [0.05, 0.1) is 5.52 Å². The molecule has 0 aliphatic carbocycles. The van der Waals surface area contributed by atoms with Gasteiger partial charge in [-0.1, -0.05) is 71.9 Å². The first-order chi connectivity index (χ1) is 14.5. The van der Waals surface area contributed by atoms with E-state index in [0.29, 0.717) is 6.42 Å². The second kappa shape index (κ2) is 8.99. The maximum atomic E-state index is 10.9. The Hall–Kier alpha value is -2.69. The molecule has 0 unspecified atom stereocenters. The summed E-state index contributed by atoms with van der Waals surface area (Å²) >= 11 is 8.05. The van der Waals surface area contributed by atoms with Crippen molar-refractivity contribution in [1.29, 1.82) is 0 Å². The number of aryl methyl sites for hydroxylation is 1. The van der Waals surface area contributed by atoms with Crippen molar-refractivity contribution in [1.82, 2.24) is 4.57 Å². The summed E-state index contributed by atoms with van der Waals surface area (Å²) in [5, 5.41) is 10.9. The smallest absolute Gasteiger partial charge is 0.303 e. The van der Waals surface area contributed by atoms with Gasteiger partial charge in [-0.15, -0.1) is 0 Å². The van der Waals surface area contributed by atoms with Crippen molar-refractivity contribution in [3.05, 3.63) is 94.6 Å². The van der Waals surface area contributed by atoms with E-state index in [1.807, 2.05) is 30.3 Å².